The summed E-state index contributed by atoms with van der Waals surface area (Å²) in [5, 5.41) is 7.42. The van der Waals surface area contributed by atoms with Crippen molar-refractivity contribution >= 4 is 5.97 Å². The second-order valence-corrected chi connectivity index (χ2v) is 2.29. The van der Waals surface area contributed by atoms with Crippen molar-refractivity contribution in [3.05, 3.63) is 0 Å². The summed E-state index contributed by atoms with van der Waals surface area (Å²) in [6, 6.07) is 0. The fourth-order valence-electron chi connectivity index (χ4n) is 0.884. The zero-order chi connectivity index (χ0) is 7.11. The third-order valence-electron chi connectivity index (χ3n) is 1.25. The molecular weight excluding hydrogens is 116 g/mol. The van der Waals surface area contributed by atoms with E-state index >= 15 is 0 Å². The van der Waals surface area contributed by atoms with Crippen LogP contribution in [0, 0.1) is 0 Å². The molecule has 0 radical (unpaired) electrons. The van der Waals surface area contributed by atoms with E-state index in [0.29, 0.717) is 0 Å². The van der Waals surface area contributed by atoms with Crippen LogP contribution < -0.4 is 0 Å². The van der Waals surface area contributed by atoms with E-state index in [0.717, 1.165) is 6.92 Å². The fourth-order valence-corrected chi connectivity index (χ4v) is 0.884. The Bertz CT molecular complexity index is 63.4. The first-order valence-corrected chi connectivity index (χ1v) is 3.43. The summed E-state index contributed by atoms with van der Waals surface area (Å²) in [5.41, 5.74) is 0. The van der Waals surface area contributed by atoms with Gasteiger partial charge in [0, 0.05) is 6.92 Å². The van der Waals surface area contributed by atoms with E-state index in [1.54, 1.807) is 0 Å². The quantitative estimate of drug-likeness (QED) is 0.544. The van der Waals surface area contributed by atoms with E-state index in [4.69, 9.17) is 9.90 Å². The molecule has 0 unspecified atom stereocenters. The molecule has 0 aromatic rings. The van der Waals surface area contributed by atoms with Crippen LogP contribution >= 0.6 is 0 Å². The lowest BCUT2D eigenvalue weighted by molar-refractivity contribution is -0.134. The van der Waals surface area contributed by atoms with Gasteiger partial charge in [-0.3, -0.25) is 4.79 Å². The zero-order valence-corrected chi connectivity index (χ0v) is 5.89. The molecule has 0 aromatic carbocycles. The molecule has 1 N–H and O–H groups in total. The van der Waals surface area contributed by atoms with Crippen LogP contribution in [0.25, 0.3) is 0 Å². The average molecular weight is 130 g/mol. The van der Waals surface area contributed by atoms with E-state index in [9.17, 15) is 0 Å². The summed E-state index contributed by atoms with van der Waals surface area (Å²) in [6.45, 7) is 1.08. The van der Waals surface area contributed by atoms with Crippen molar-refractivity contribution in [1.82, 2.24) is 0 Å². The SMILES string of the molecule is C1CCCC1.CC(=O)O. The molecule has 0 bridgehead atoms. The third-order valence-corrected chi connectivity index (χ3v) is 1.25. The van der Waals surface area contributed by atoms with E-state index < -0.39 is 5.97 Å². The van der Waals surface area contributed by atoms with Crippen molar-refractivity contribution in [2.45, 2.75) is 39.0 Å². The zero-order valence-electron chi connectivity index (χ0n) is 5.89. The highest BCUT2D eigenvalue weighted by Gasteiger charge is 1.95. The largest absolute Gasteiger partial charge is 0.481 e. The lowest BCUT2D eigenvalue weighted by Crippen LogP contribution is -1.78. The Morgan fingerprint density at radius 1 is 1.11 bits per heavy atom. The predicted octanol–water partition coefficient (Wildman–Crippen LogP) is 2.04. The number of hydrogen-bond acceptors (Lipinski definition) is 1. The summed E-state index contributed by atoms with van der Waals surface area (Å²) in [4.78, 5) is 9.00. The monoisotopic (exact) mass is 130 g/mol. The van der Waals surface area contributed by atoms with Crippen molar-refractivity contribution in [2.24, 2.45) is 0 Å². The first kappa shape index (κ1) is 8.47. The first-order valence-electron chi connectivity index (χ1n) is 3.43. The normalized spacial score (nSPS) is 16.1. The molecule has 0 aliphatic heterocycles. The molecule has 1 fully saturated rings. The Morgan fingerprint density at radius 3 is 1.33 bits per heavy atom. The first-order chi connectivity index (χ1) is 4.23. The Hall–Kier alpha value is -0.530. The van der Waals surface area contributed by atoms with Crippen molar-refractivity contribution in [2.75, 3.05) is 0 Å². The predicted molar refractivity (Wildman–Crippen MR) is 36.4 cm³/mol. The topological polar surface area (TPSA) is 37.3 Å². The molecule has 1 aliphatic carbocycles. The van der Waals surface area contributed by atoms with Gasteiger partial charge in [-0.15, -0.1) is 0 Å². The summed E-state index contributed by atoms with van der Waals surface area (Å²) in [6.07, 6.45) is 7.50. The van der Waals surface area contributed by atoms with Crippen LogP contribution in [0.5, 0.6) is 0 Å². The van der Waals surface area contributed by atoms with Gasteiger partial charge in [-0.1, -0.05) is 32.1 Å². The Kier molecular flexibility index (Phi) is 5.27. The van der Waals surface area contributed by atoms with E-state index in [1.807, 2.05) is 0 Å². The van der Waals surface area contributed by atoms with Crippen LogP contribution in [0.4, 0.5) is 0 Å². The van der Waals surface area contributed by atoms with Crippen LogP contribution in [0.1, 0.15) is 39.0 Å². The van der Waals surface area contributed by atoms with Gasteiger partial charge in [-0.2, -0.15) is 0 Å². The van der Waals surface area contributed by atoms with Gasteiger partial charge in [-0.25, -0.2) is 0 Å². The van der Waals surface area contributed by atoms with E-state index in [1.165, 1.54) is 32.1 Å². The van der Waals surface area contributed by atoms with Crippen LogP contribution in [0.15, 0.2) is 0 Å². The molecule has 1 rings (SSSR count). The van der Waals surface area contributed by atoms with Gasteiger partial charge in [0.05, 0.1) is 0 Å². The van der Waals surface area contributed by atoms with Gasteiger partial charge in [0.25, 0.3) is 5.97 Å². The molecule has 54 valence electrons. The molecule has 0 aromatic heterocycles. The van der Waals surface area contributed by atoms with E-state index in [2.05, 4.69) is 0 Å². The van der Waals surface area contributed by atoms with Gasteiger partial charge in [0.15, 0.2) is 0 Å². The molecular formula is C7H14O2. The molecule has 2 nitrogen and oxygen atoms in total. The standard InChI is InChI=1S/C5H10.C2H4O2/c1-2-4-5-3-1;1-2(3)4/h1-5H2;1H3,(H,3,4). The van der Waals surface area contributed by atoms with Crippen LogP contribution in [-0.2, 0) is 4.79 Å². The lowest BCUT2D eigenvalue weighted by atomic mass is 10.4. The highest BCUT2D eigenvalue weighted by molar-refractivity contribution is 5.62. The highest BCUT2D eigenvalue weighted by atomic mass is 16.4. The Balaban J connectivity index is 0.000000148. The number of carbonyl (C=O) groups is 1. The Morgan fingerprint density at radius 2 is 1.22 bits per heavy atom. The summed E-state index contributed by atoms with van der Waals surface area (Å²) >= 11 is 0. The summed E-state index contributed by atoms with van der Waals surface area (Å²) in [7, 11) is 0. The average Bonchev–Trinajstić information content (AvgIpc) is 2.11. The van der Waals surface area contributed by atoms with Gasteiger partial charge in [0.1, 0.15) is 0 Å². The Labute approximate surface area is 55.9 Å². The maximum Gasteiger partial charge on any atom is 0.300 e. The van der Waals surface area contributed by atoms with Crippen LogP contribution in [-0.4, -0.2) is 11.1 Å². The second-order valence-electron chi connectivity index (χ2n) is 2.29. The summed E-state index contributed by atoms with van der Waals surface area (Å²) in [5.74, 6) is -0.833. The maximum atomic E-state index is 9.00. The van der Waals surface area contributed by atoms with Crippen LogP contribution in [0.3, 0.4) is 0 Å². The molecule has 0 atom stereocenters. The molecule has 2 heteroatoms. The summed E-state index contributed by atoms with van der Waals surface area (Å²) < 4.78 is 0. The van der Waals surface area contributed by atoms with Crippen LogP contribution in [0.2, 0.25) is 0 Å². The maximum absolute atomic E-state index is 9.00. The highest BCUT2D eigenvalue weighted by Crippen LogP contribution is 2.15. The molecule has 0 amide bonds. The van der Waals surface area contributed by atoms with Gasteiger partial charge < -0.3 is 5.11 Å². The van der Waals surface area contributed by atoms with Gasteiger partial charge in [0.2, 0.25) is 0 Å². The van der Waals surface area contributed by atoms with Crippen molar-refractivity contribution in [3.63, 3.8) is 0 Å². The minimum atomic E-state index is -0.833. The minimum absolute atomic E-state index is 0.833. The third kappa shape index (κ3) is 11.2. The molecule has 0 spiro atoms. The number of carboxylic acid groups (broad SMARTS) is 1. The molecule has 0 heterocycles. The van der Waals surface area contributed by atoms with Crippen molar-refractivity contribution < 1.29 is 9.90 Å². The fraction of sp³-hybridized carbons (Fsp3) is 0.857. The second kappa shape index (κ2) is 5.60. The lowest BCUT2D eigenvalue weighted by Gasteiger charge is -1.67. The van der Waals surface area contributed by atoms with Crippen molar-refractivity contribution in [1.29, 1.82) is 0 Å². The number of hydrogen-bond donors (Lipinski definition) is 1. The molecule has 9 heavy (non-hydrogen) atoms. The smallest absolute Gasteiger partial charge is 0.300 e. The molecule has 1 saturated carbocycles. The molecule has 1 aliphatic rings. The number of carboxylic acids is 1. The number of aliphatic carboxylic acids is 1. The van der Waals surface area contributed by atoms with Crippen molar-refractivity contribution in [3.8, 4) is 0 Å². The molecule has 0 saturated heterocycles. The minimum Gasteiger partial charge on any atom is -0.481 e. The van der Waals surface area contributed by atoms with E-state index in [-0.39, 0.29) is 0 Å². The van der Waals surface area contributed by atoms with Gasteiger partial charge >= 0.3 is 0 Å². The number of rotatable bonds is 0. The van der Waals surface area contributed by atoms with Gasteiger partial charge in [-0.05, 0) is 0 Å².